The van der Waals surface area contributed by atoms with Crippen molar-refractivity contribution in [3.8, 4) is 5.75 Å². The number of halogens is 1. The third-order valence-corrected chi connectivity index (χ3v) is 5.51. The molecule has 2 N–H and O–H groups in total. The number of phenols is 1. The van der Waals surface area contributed by atoms with Crippen molar-refractivity contribution in [3.05, 3.63) is 41.4 Å². The maximum Gasteiger partial charge on any atom is 0.175 e. The number of thioether (sulfide) groups is 1. The van der Waals surface area contributed by atoms with Gasteiger partial charge in [-0.1, -0.05) is 12.6 Å². The quantitative estimate of drug-likeness (QED) is 0.780. The first-order valence-electron chi connectivity index (χ1n) is 7.47. The van der Waals surface area contributed by atoms with Crippen molar-refractivity contribution in [1.29, 1.82) is 0 Å². The van der Waals surface area contributed by atoms with E-state index in [1.807, 2.05) is 11.8 Å². The molecule has 0 heterocycles. The van der Waals surface area contributed by atoms with Crippen LogP contribution < -0.4 is 5.32 Å². The topological polar surface area (TPSA) is 49.3 Å². The predicted octanol–water partition coefficient (Wildman–Crippen LogP) is 3.87. The first-order chi connectivity index (χ1) is 10.6. The van der Waals surface area contributed by atoms with Crippen molar-refractivity contribution < 1.29 is 14.3 Å². The zero-order valence-electron chi connectivity index (χ0n) is 12.8. The summed E-state index contributed by atoms with van der Waals surface area (Å²) in [6.07, 6.45) is 7.21. The molecule has 3 nitrogen and oxygen atoms in total. The number of hydrogen-bond acceptors (Lipinski definition) is 4. The molecule has 1 aliphatic carbocycles. The van der Waals surface area contributed by atoms with Gasteiger partial charge < -0.3 is 10.4 Å². The van der Waals surface area contributed by atoms with Gasteiger partial charge in [0, 0.05) is 17.5 Å². The van der Waals surface area contributed by atoms with E-state index >= 15 is 0 Å². The van der Waals surface area contributed by atoms with Crippen LogP contribution in [0.25, 0.3) is 0 Å². The fourth-order valence-corrected chi connectivity index (χ4v) is 3.65. The first kappa shape index (κ1) is 16.9. The third-order valence-electron chi connectivity index (χ3n) is 4.37. The van der Waals surface area contributed by atoms with E-state index < -0.39 is 11.6 Å². The Labute approximate surface area is 135 Å². The molecule has 5 heteroatoms. The molecular weight excluding hydrogens is 301 g/mol. The summed E-state index contributed by atoms with van der Waals surface area (Å²) in [5.41, 5.74) is 1.39. The lowest BCUT2D eigenvalue weighted by molar-refractivity contribution is 0.111. The number of nitrogens with one attached hydrogen (secondary N) is 1. The number of phenolic OH excluding ortho intramolecular Hbond substituents is 1. The molecule has 0 aliphatic heterocycles. The SMILES string of the molecule is C=C(NCc1ccc(O)c(F)c1C=O)C1CCC(SC)CC1. The minimum atomic E-state index is -0.861. The van der Waals surface area contributed by atoms with Gasteiger partial charge in [-0.05, 0) is 49.5 Å². The van der Waals surface area contributed by atoms with E-state index in [0.29, 0.717) is 24.3 Å². The number of aromatic hydroxyl groups is 1. The molecule has 1 aliphatic rings. The number of rotatable bonds is 6. The van der Waals surface area contributed by atoms with E-state index in [4.69, 9.17) is 0 Å². The van der Waals surface area contributed by atoms with Crippen molar-refractivity contribution in [2.24, 2.45) is 5.92 Å². The average molecular weight is 323 g/mol. The second-order valence-corrected chi connectivity index (χ2v) is 6.82. The lowest BCUT2D eigenvalue weighted by atomic mass is 9.87. The van der Waals surface area contributed by atoms with Crippen LogP contribution in [0.15, 0.2) is 24.4 Å². The molecule has 0 aromatic heterocycles. The maximum absolute atomic E-state index is 13.7. The van der Waals surface area contributed by atoms with Gasteiger partial charge in [-0.2, -0.15) is 11.8 Å². The standard InChI is InChI=1S/C17H22FNO2S/c1-11(12-3-6-14(22-2)7-4-12)19-9-13-5-8-16(21)17(18)15(13)10-20/h5,8,10,12,14,19,21H,1,3-4,6-7,9H2,2H3. The molecule has 2 rings (SSSR count). The molecule has 0 radical (unpaired) electrons. The number of aldehydes is 1. The maximum atomic E-state index is 13.7. The van der Waals surface area contributed by atoms with Crippen LogP contribution in [0.1, 0.15) is 41.6 Å². The summed E-state index contributed by atoms with van der Waals surface area (Å²) < 4.78 is 13.7. The molecular formula is C17H22FNO2S. The van der Waals surface area contributed by atoms with Gasteiger partial charge >= 0.3 is 0 Å². The number of hydrogen-bond donors (Lipinski definition) is 2. The van der Waals surface area contributed by atoms with Crippen molar-refractivity contribution in [2.75, 3.05) is 6.26 Å². The van der Waals surface area contributed by atoms with Gasteiger partial charge in [0.05, 0.1) is 5.56 Å². The summed E-state index contributed by atoms with van der Waals surface area (Å²) in [6, 6.07) is 2.83. The highest BCUT2D eigenvalue weighted by Crippen LogP contribution is 2.33. The van der Waals surface area contributed by atoms with Crippen LogP contribution in [0.2, 0.25) is 0 Å². The lowest BCUT2D eigenvalue weighted by Crippen LogP contribution is -2.24. The molecule has 1 aromatic rings. The molecule has 120 valence electrons. The van der Waals surface area contributed by atoms with Crippen LogP contribution in [0.5, 0.6) is 5.75 Å². The Hall–Kier alpha value is -1.49. The zero-order valence-corrected chi connectivity index (χ0v) is 13.6. The van der Waals surface area contributed by atoms with Crippen LogP contribution in [-0.4, -0.2) is 22.9 Å². The number of allylic oxidation sites excluding steroid dienone is 1. The minimum absolute atomic E-state index is 0.0913. The normalized spacial score (nSPS) is 21.4. The van der Waals surface area contributed by atoms with Crippen molar-refractivity contribution in [2.45, 2.75) is 37.5 Å². The van der Waals surface area contributed by atoms with Crippen molar-refractivity contribution in [3.63, 3.8) is 0 Å². The summed E-state index contributed by atoms with van der Waals surface area (Å²) in [5, 5.41) is 13.3. The summed E-state index contributed by atoms with van der Waals surface area (Å²) in [7, 11) is 0. The molecule has 1 aromatic carbocycles. The van der Waals surface area contributed by atoms with Crippen molar-refractivity contribution in [1.82, 2.24) is 5.32 Å². The van der Waals surface area contributed by atoms with Crippen LogP contribution in [0, 0.1) is 11.7 Å². The van der Waals surface area contributed by atoms with Gasteiger partial charge in [0.2, 0.25) is 0 Å². The monoisotopic (exact) mass is 323 g/mol. The van der Waals surface area contributed by atoms with Crippen LogP contribution >= 0.6 is 11.8 Å². The van der Waals surface area contributed by atoms with Gasteiger partial charge in [0.15, 0.2) is 17.9 Å². The highest BCUT2D eigenvalue weighted by Gasteiger charge is 2.22. The highest BCUT2D eigenvalue weighted by molar-refractivity contribution is 7.99. The fourth-order valence-electron chi connectivity index (χ4n) is 2.90. The van der Waals surface area contributed by atoms with E-state index in [9.17, 15) is 14.3 Å². The summed E-state index contributed by atoms with van der Waals surface area (Å²) in [6.45, 7) is 4.43. The fraction of sp³-hybridized carbons (Fsp3) is 0.471. The van der Waals surface area contributed by atoms with E-state index in [2.05, 4.69) is 18.2 Å². The third kappa shape index (κ3) is 3.83. The van der Waals surface area contributed by atoms with Gasteiger partial charge in [0.1, 0.15) is 0 Å². The first-order valence-corrected chi connectivity index (χ1v) is 8.76. The Morgan fingerprint density at radius 2 is 2.14 bits per heavy atom. The number of carbonyl (C=O) groups excluding carboxylic acids is 1. The van der Waals surface area contributed by atoms with Gasteiger partial charge in [-0.15, -0.1) is 0 Å². The Morgan fingerprint density at radius 3 is 2.73 bits per heavy atom. The highest BCUT2D eigenvalue weighted by atomic mass is 32.2. The smallest absolute Gasteiger partial charge is 0.175 e. The molecule has 0 spiro atoms. The Morgan fingerprint density at radius 1 is 1.45 bits per heavy atom. The predicted molar refractivity (Wildman–Crippen MR) is 88.7 cm³/mol. The zero-order chi connectivity index (χ0) is 16.1. The molecule has 22 heavy (non-hydrogen) atoms. The molecule has 0 bridgehead atoms. The van der Waals surface area contributed by atoms with Crippen molar-refractivity contribution >= 4 is 18.0 Å². The average Bonchev–Trinajstić information content (AvgIpc) is 2.55. The Balaban J connectivity index is 1.94. The second-order valence-electron chi connectivity index (χ2n) is 5.68. The summed E-state index contributed by atoms with van der Waals surface area (Å²) in [5.74, 6) is -0.925. The Bertz CT molecular complexity index is 554. The van der Waals surface area contributed by atoms with Gasteiger partial charge in [-0.3, -0.25) is 4.79 Å². The van der Waals surface area contributed by atoms with E-state index in [1.165, 1.54) is 18.9 Å². The van der Waals surface area contributed by atoms with Crippen LogP contribution in [-0.2, 0) is 6.54 Å². The largest absolute Gasteiger partial charge is 0.505 e. The van der Waals surface area contributed by atoms with Gasteiger partial charge in [-0.25, -0.2) is 4.39 Å². The van der Waals surface area contributed by atoms with Gasteiger partial charge in [0.25, 0.3) is 0 Å². The molecule has 0 unspecified atom stereocenters. The van der Waals surface area contributed by atoms with E-state index in [1.54, 1.807) is 6.07 Å². The second kappa shape index (κ2) is 7.68. The molecule has 0 atom stereocenters. The Kier molecular flexibility index (Phi) is 5.89. The number of benzene rings is 1. The summed E-state index contributed by atoms with van der Waals surface area (Å²) >= 11 is 1.92. The minimum Gasteiger partial charge on any atom is -0.505 e. The molecule has 1 saturated carbocycles. The van der Waals surface area contributed by atoms with Crippen LogP contribution in [0.4, 0.5) is 4.39 Å². The molecule has 0 saturated heterocycles. The van der Waals surface area contributed by atoms with E-state index in [0.717, 1.165) is 23.8 Å². The molecule has 1 fully saturated rings. The number of carbonyl (C=O) groups is 1. The summed E-state index contributed by atoms with van der Waals surface area (Å²) in [4.78, 5) is 11.0. The lowest BCUT2D eigenvalue weighted by Gasteiger charge is -2.29. The van der Waals surface area contributed by atoms with E-state index in [-0.39, 0.29) is 5.56 Å². The van der Waals surface area contributed by atoms with Crippen LogP contribution in [0.3, 0.4) is 0 Å². The molecule has 0 amide bonds.